The van der Waals surface area contributed by atoms with Gasteiger partial charge in [-0.1, -0.05) is 56.7 Å². The molecule has 0 saturated heterocycles. The van der Waals surface area contributed by atoms with Gasteiger partial charge in [0.2, 0.25) is 0 Å². The zero-order valence-corrected chi connectivity index (χ0v) is 14.9. The van der Waals surface area contributed by atoms with Crippen molar-refractivity contribution < 1.29 is 17.9 Å². The molecule has 1 aromatic carbocycles. The van der Waals surface area contributed by atoms with E-state index in [9.17, 15) is 13.2 Å². The van der Waals surface area contributed by atoms with Crippen molar-refractivity contribution in [3.8, 4) is 5.75 Å². The summed E-state index contributed by atoms with van der Waals surface area (Å²) in [6, 6.07) is 4.70. The molecular weight excluding hydrogens is 325 g/mol. The highest BCUT2D eigenvalue weighted by molar-refractivity contribution is 5.61. The lowest BCUT2D eigenvalue weighted by atomic mass is 9.78. The highest BCUT2D eigenvalue weighted by Crippen LogP contribution is 2.36. The van der Waals surface area contributed by atoms with Crippen molar-refractivity contribution in [3.63, 3.8) is 0 Å². The molecule has 2 aliphatic carbocycles. The molecule has 0 N–H and O–H groups in total. The monoisotopic (exact) mass is 352 g/mol. The third-order valence-corrected chi connectivity index (χ3v) is 5.84. The Bertz CT molecular complexity index is 610. The lowest BCUT2D eigenvalue weighted by Gasteiger charge is -2.28. The molecule has 0 unspecified atom stereocenters. The second kappa shape index (κ2) is 7.84. The molecule has 0 radical (unpaired) electrons. The Balaban J connectivity index is 1.55. The molecule has 0 bridgehead atoms. The van der Waals surface area contributed by atoms with E-state index in [1.807, 2.05) is 0 Å². The first-order valence-electron chi connectivity index (χ1n) is 9.51. The Morgan fingerprint density at radius 3 is 2.44 bits per heavy atom. The van der Waals surface area contributed by atoms with Gasteiger partial charge in [0.15, 0.2) is 0 Å². The lowest BCUT2D eigenvalue weighted by Crippen LogP contribution is -2.17. The van der Waals surface area contributed by atoms with Crippen LogP contribution in [0, 0.1) is 11.8 Å². The largest absolute Gasteiger partial charge is 0.573 e. The van der Waals surface area contributed by atoms with Crippen LogP contribution in [0.25, 0.3) is 6.08 Å². The number of hydrogen-bond acceptors (Lipinski definition) is 1. The minimum Gasteiger partial charge on any atom is -0.406 e. The first-order chi connectivity index (χ1) is 11.9. The van der Waals surface area contributed by atoms with Gasteiger partial charge in [-0.05, 0) is 60.8 Å². The lowest BCUT2D eigenvalue weighted by molar-refractivity contribution is -0.274. The number of ether oxygens (including phenoxy) is 1. The summed E-state index contributed by atoms with van der Waals surface area (Å²) in [7, 11) is 0. The molecule has 25 heavy (non-hydrogen) atoms. The number of fused-ring (bicyclic) bond motifs is 1. The molecule has 1 aromatic rings. The summed E-state index contributed by atoms with van der Waals surface area (Å²) in [5.41, 5.74) is 3.44. The van der Waals surface area contributed by atoms with Gasteiger partial charge in [-0.25, -0.2) is 0 Å². The summed E-state index contributed by atoms with van der Waals surface area (Å²) >= 11 is 0. The van der Waals surface area contributed by atoms with Gasteiger partial charge < -0.3 is 4.74 Å². The number of aryl methyl sites for hydroxylation is 1. The summed E-state index contributed by atoms with van der Waals surface area (Å²) in [6.07, 6.45) is 8.49. The van der Waals surface area contributed by atoms with Gasteiger partial charge in [-0.2, -0.15) is 0 Å². The molecule has 0 spiro atoms. The second-order valence-electron chi connectivity index (χ2n) is 7.54. The number of rotatable bonds is 5. The third kappa shape index (κ3) is 5.26. The SMILES string of the molecule is CCC1CCC(CCC2=Cc3ccc(OC(F)(F)F)cc3CC2)CC1. The minimum atomic E-state index is -4.62. The summed E-state index contributed by atoms with van der Waals surface area (Å²) in [5.74, 6) is 1.67. The normalized spacial score (nSPS) is 23.8. The van der Waals surface area contributed by atoms with Crippen molar-refractivity contribution in [1.29, 1.82) is 0 Å². The fourth-order valence-electron chi connectivity index (χ4n) is 4.24. The standard InChI is InChI=1S/C21H27F3O/c1-2-15-3-5-16(6-4-15)7-8-17-9-10-19-14-20(25-21(22,23)24)12-11-18(19)13-17/h11-16H,2-10H2,1H3. The van der Waals surface area contributed by atoms with Crippen LogP contribution in [0.1, 0.15) is 69.4 Å². The van der Waals surface area contributed by atoms with Crippen molar-refractivity contribution in [2.45, 2.75) is 71.1 Å². The van der Waals surface area contributed by atoms with E-state index in [2.05, 4.69) is 17.7 Å². The van der Waals surface area contributed by atoms with Crippen LogP contribution in [-0.2, 0) is 6.42 Å². The van der Waals surface area contributed by atoms with E-state index in [1.54, 1.807) is 6.07 Å². The molecule has 0 aliphatic heterocycles. The Labute approximate surface area is 148 Å². The zero-order chi connectivity index (χ0) is 17.9. The predicted molar refractivity (Wildman–Crippen MR) is 94.4 cm³/mol. The van der Waals surface area contributed by atoms with Crippen molar-refractivity contribution in [1.82, 2.24) is 0 Å². The van der Waals surface area contributed by atoms with Crippen molar-refractivity contribution in [2.24, 2.45) is 11.8 Å². The number of hydrogen-bond donors (Lipinski definition) is 0. The first-order valence-corrected chi connectivity index (χ1v) is 9.51. The molecule has 0 amide bonds. The molecule has 0 aromatic heterocycles. The van der Waals surface area contributed by atoms with E-state index in [0.717, 1.165) is 42.2 Å². The molecule has 2 aliphatic rings. The molecule has 138 valence electrons. The van der Waals surface area contributed by atoms with Crippen LogP contribution in [0.4, 0.5) is 13.2 Å². The fourth-order valence-corrected chi connectivity index (χ4v) is 4.24. The number of alkyl halides is 3. The fraction of sp³-hybridized carbons (Fsp3) is 0.619. The Hall–Kier alpha value is -1.45. The van der Waals surface area contributed by atoms with Crippen LogP contribution in [0.5, 0.6) is 5.75 Å². The highest BCUT2D eigenvalue weighted by atomic mass is 19.4. The molecule has 1 saturated carbocycles. The van der Waals surface area contributed by atoms with Crippen molar-refractivity contribution >= 4 is 6.08 Å². The van der Waals surface area contributed by atoms with Gasteiger partial charge in [0.1, 0.15) is 5.75 Å². The van der Waals surface area contributed by atoms with Crippen LogP contribution < -0.4 is 4.74 Å². The molecule has 1 fully saturated rings. The summed E-state index contributed by atoms with van der Waals surface area (Å²) in [5, 5.41) is 0. The van der Waals surface area contributed by atoms with Crippen LogP contribution >= 0.6 is 0 Å². The van der Waals surface area contributed by atoms with Gasteiger partial charge in [0, 0.05) is 0 Å². The number of benzene rings is 1. The van der Waals surface area contributed by atoms with E-state index in [-0.39, 0.29) is 5.75 Å². The van der Waals surface area contributed by atoms with Gasteiger partial charge >= 0.3 is 6.36 Å². The molecule has 4 heteroatoms. The molecule has 3 rings (SSSR count). The third-order valence-electron chi connectivity index (χ3n) is 5.84. The quantitative estimate of drug-likeness (QED) is 0.559. The van der Waals surface area contributed by atoms with Crippen LogP contribution in [0.15, 0.2) is 23.8 Å². The Morgan fingerprint density at radius 2 is 1.76 bits per heavy atom. The Kier molecular flexibility index (Phi) is 5.75. The maximum absolute atomic E-state index is 12.3. The van der Waals surface area contributed by atoms with Gasteiger partial charge in [0.05, 0.1) is 0 Å². The van der Waals surface area contributed by atoms with E-state index in [0.29, 0.717) is 0 Å². The minimum absolute atomic E-state index is 0.115. The second-order valence-corrected chi connectivity index (χ2v) is 7.54. The molecule has 0 atom stereocenters. The van der Waals surface area contributed by atoms with E-state index >= 15 is 0 Å². The number of allylic oxidation sites excluding steroid dienone is 1. The maximum atomic E-state index is 12.3. The Morgan fingerprint density at radius 1 is 1.04 bits per heavy atom. The van der Waals surface area contributed by atoms with E-state index in [1.165, 1.54) is 56.2 Å². The van der Waals surface area contributed by atoms with Gasteiger partial charge in [-0.15, -0.1) is 13.2 Å². The van der Waals surface area contributed by atoms with Gasteiger partial charge in [0.25, 0.3) is 0 Å². The molecule has 0 heterocycles. The van der Waals surface area contributed by atoms with Crippen molar-refractivity contribution in [2.75, 3.05) is 0 Å². The summed E-state index contributed by atoms with van der Waals surface area (Å²) in [6.45, 7) is 2.29. The topological polar surface area (TPSA) is 9.23 Å². The maximum Gasteiger partial charge on any atom is 0.573 e. The van der Waals surface area contributed by atoms with Gasteiger partial charge in [-0.3, -0.25) is 0 Å². The average molecular weight is 352 g/mol. The molecule has 1 nitrogen and oxygen atoms in total. The molecular formula is C21H27F3O. The average Bonchev–Trinajstić information content (AvgIpc) is 2.59. The van der Waals surface area contributed by atoms with Crippen LogP contribution in [-0.4, -0.2) is 6.36 Å². The zero-order valence-electron chi connectivity index (χ0n) is 14.9. The number of halogens is 3. The van der Waals surface area contributed by atoms with Crippen molar-refractivity contribution in [3.05, 3.63) is 34.9 Å². The smallest absolute Gasteiger partial charge is 0.406 e. The first kappa shape index (κ1) is 18.3. The van der Waals surface area contributed by atoms with Crippen LogP contribution in [0.2, 0.25) is 0 Å². The highest BCUT2D eigenvalue weighted by Gasteiger charge is 2.31. The predicted octanol–water partition coefficient (Wildman–Crippen LogP) is 6.91. The summed E-state index contributed by atoms with van der Waals surface area (Å²) in [4.78, 5) is 0. The summed E-state index contributed by atoms with van der Waals surface area (Å²) < 4.78 is 41.0. The van der Waals surface area contributed by atoms with E-state index < -0.39 is 6.36 Å². The van der Waals surface area contributed by atoms with E-state index in [4.69, 9.17) is 0 Å². The van der Waals surface area contributed by atoms with Crippen LogP contribution in [0.3, 0.4) is 0 Å².